The van der Waals surface area contributed by atoms with Gasteiger partial charge in [0.15, 0.2) is 0 Å². The van der Waals surface area contributed by atoms with E-state index in [1.165, 1.54) is 23.0 Å². The lowest BCUT2D eigenvalue weighted by Crippen LogP contribution is -2.17. The van der Waals surface area contributed by atoms with Crippen LogP contribution in [0.5, 0.6) is 0 Å². The summed E-state index contributed by atoms with van der Waals surface area (Å²) in [5, 5.41) is 12.3. The van der Waals surface area contributed by atoms with E-state index in [2.05, 4.69) is 10.1 Å². The average Bonchev–Trinajstić information content (AvgIpc) is 2.89. The zero-order chi connectivity index (χ0) is 18.8. The summed E-state index contributed by atoms with van der Waals surface area (Å²) < 4.78 is 1.45. The number of hydrogen-bond acceptors (Lipinski definition) is 3. The third-order valence-electron chi connectivity index (χ3n) is 3.93. The van der Waals surface area contributed by atoms with Crippen molar-refractivity contribution >= 4 is 29.5 Å². The van der Waals surface area contributed by atoms with Gasteiger partial charge in [0.1, 0.15) is 0 Å². The highest BCUT2D eigenvalue weighted by molar-refractivity contribution is 6.33. The Morgan fingerprint density at radius 2 is 1.88 bits per heavy atom. The molecule has 0 unspecified atom stereocenters. The number of aromatic carboxylic acids is 1. The summed E-state index contributed by atoms with van der Waals surface area (Å²) in [7, 11) is 0. The first kappa shape index (κ1) is 17.7. The molecule has 6 nitrogen and oxygen atoms in total. The normalized spacial score (nSPS) is 11.2. The molecular weight excluding hydrogens is 354 g/mol. The number of aromatic amines is 1. The molecule has 0 atom stereocenters. The number of carboxylic acid groups (broad SMARTS) is 1. The summed E-state index contributed by atoms with van der Waals surface area (Å²) in [6, 6.07) is 12.0. The van der Waals surface area contributed by atoms with Crippen LogP contribution in [-0.2, 0) is 0 Å². The van der Waals surface area contributed by atoms with Crippen molar-refractivity contribution in [2.24, 2.45) is 4.99 Å². The van der Waals surface area contributed by atoms with Crippen LogP contribution in [0, 0.1) is 13.8 Å². The van der Waals surface area contributed by atoms with Gasteiger partial charge < -0.3 is 5.11 Å². The predicted molar refractivity (Wildman–Crippen MR) is 102 cm³/mol. The fraction of sp³-hybridized carbons (Fsp3) is 0.105. The zero-order valence-corrected chi connectivity index (χ0v) is 14.9. The summed E-state index contributed by atoms with van der Waals surface area (Å²) in [5.41, 5.74) is 3.01. The van der Waals surface area contributed by atoms with Gasteiger partial charge >= 0.3 is 5.97 Å². The number of aromatic nitrogens is 2. The van der Waals surface area contributed by atoms with Gasteiger partial charge in [-0.1, -0.05) is 29.3 Å². The van der Waals surface area contributed by atoms with Crippen molar-refractivity contribution in [3.8, 4) is 5.69 Å². The van der Waals surface area contributed by atoms with Crippen molar-refractivity contribution in [1.29, 1.82) is 0 Å². The third-order valence-corrected chi connectivity index (χ3v) is 4.26. The van der Waals surface area contributed by atoms with Crippen LogP contribution in [0.2, 0.25) is 5.02 Å². The highest BCUT2D eigenvalue weighted by Gasteiger charge is 2.12. The number of nitrogens with zero attached hydrogens (tertiary/aromatic N) is 2. The van der Waals surface area contributed by atoms with Crippen molar-refractivity contribution in [2.75, 3.05) is 0 Å². The molecule has 26 heavy (non-hydrogen) atoms. The molecule has 0 spiro atoms. The maximum Gasteiger partial charge on any atom is 0.337 e. The van der Waals surface area contributed by atoms with E-state index in [1.54, 1.807) is 13.0 Å². The fourth-order valence-electron chi connectivity index (χ4n) is 2.48. The highest BCUT2D eigenvalue weighted by Crippen LogP contribution is 2.22. The average molecular weight is 370 g/mol. The minimum absolute atomic E-state index is 0.0378. The maximum absolute atomic E-state index is 12.7. The largest absolute Gasteiger partial charge is 0.478 e. The lowest BCUT2D eigenvalue weighted by atomic mass is 10.2. The Hall–Kier alpha value is -3.12. The molecule has 0 fully saturated rings. The number of aryl methyl sites for hydroxylation is 2. The predicted octanol–water partition coefficient (Wildman–Crippen LogP) is 3.88. The van der Waals surface area contributed by atoms with Crippen LogP contribution < -0.4 is 5.56 Å². The number of hydrogen-bond donors (Lipinski definition) is 2. The van der Waals surface area contributed by atoms with E-state index in [0.29, 0.717) is 16.9 Å². The van der Waals surface area contributed by atoms with Crippen molar-refractivity contribution in [1.82, 2.24) is 9.78 Å². The smallest absolute Gasteiger partial charge is 0.337 e. The fourth-order valence-corrected chi connectivity index (χ4v) is 2.68. The van der Waals surface area contributed by atoms with Gasteiger partial charge in [0.25, 0.3) is 5.56 Å². The van der Waals surface area contributed by atoms with Crippen LogP contribution in [0.25, 0.3) is 5.69 Å². The second-order valence-electron chi connectivity index (χ2n) is 5.85. The standard InChI is InChI=1S/C19H16ClN3O3/c1-11-3-6-14(7-4-11)23-18(24)16(12(2)22-23)10-21-13-5-8-17(20)15(9-13)19(25)26/h3-10,22H,1-2H3,(H,25,26). The molecule has 0 saturated carbocycles. The molecule has 3 rings (SSSR count). The lowest BCUT2D eigenvalue weighted by Gasteiger charge is -2.01. The third kappa shape index (κ3) is 3.45. The van der Waals surface area contributed by atoms with Gasteiger partial charge in [0.05, 0.1) is 27.5 Å². The van der Waals surface area contributed by atoms with Crippen LogP contribution in [-0.4, -0.2) is 27.1 Å². The monoisotopic (exact) mass is 369 g/mol. The first-order chi connectivity index (χ1) is 12.4. The van der Waals surface area contributed by atoms with Gasteiger partial charge in [0, 0.05) is 11.9 Å². The van der Waals surface area contributed by atoms with Crippen LogP contribution in [0.1, 0.15) is 27.2 Å². The molecule has 0 saturated heterocycles. The molecule has 0 bridgehead atoms. The van der Waals surface area contributed by atoms with E-state index in [1.807, 2.05) is 31.2 Å². The molecule has 3 aromatic rings. The maximum atomic E-state index is 12.7. The molecule has 132 valence electrons. The summed E-state index contributed by atoms with van der Waals surface area (Å²) in [6.07, 6.45) is 1.42. The Morgan fingerprint density at radius 1 is 1.19 bits per heavy atom. The number of rotatable bonds is 4. The molecule has 1 aromatic heterocycles. The second kappa shape index (κ2) is 7.01. The molecule has 1 heterocycles. The number of carbonyl (C=O) groups is 1. The van der Waals surface area contributed by atoms with Gasteiger partial charge in [-0.25, -0.2) is 9.48 Å². The number of benzene rings is 2. The van der Waals surface area contributed by atoms with E-state index in [4.69, 9.17) is 16.7 Å². The quantitative estimate of drug-likeness (QED) is 0.684. The molecular formula is C19H16ClN3O3. The van der Waals surface area contributed by atoms with Crippen LogP contribution in [0.3, 0.4) is 0 Å². The van der Waals surface area contributed by atoms with Gasteiger partial charge in [-0.15, -0.1) is 0 Å². The molecule has 0 radical (unpaired) electrons. The first-order valence-corrected chi connectivity index (χ1v) is 8.20. The first-order valence-electron chi connectivity index (χ1n) is 7.82. The summed E-state index contributed by atoms with van der Waals surface area (Å²) in [6.45, 7) is 3.75. The molecule has 0 amide bonds. The van der Waals surface area contributed by atoms with Gasteiger partial charge in [-0.05, 0) is 44.2 Å². The summed E-state index contributed by atoms with van der Waals surface area (Å²) in [5.74, 6) is -1.13. The van der Waals surface area contributed by atoms with E-state index in [-0.39, 0.29) is 16.1 Å². The van der Waals surface area contributed by atoms with Crippen LogP contribution in [0.15, 0.2) is 52.3 Å². The van der Waals surface area contributed by atoms with Gasteiger partial charge in [0.2, 0.25) is 0 Å². The summed E-state index contributed by atoms with van der Waals surface area (Å²) >= 11 is 5.85. The Balaban J connectivity index is 1.97. The SMILES string of the molecule is Cc1ccc(-n2[nH]c(C)c(C=Nc3ccc(Cl)c(C(=O)O)c3)c2=O)cc1. The van der Waals surface area contributed by atoms with Gasteiger partial charge in [-0.2, -0.15) is 0 Å². The van der Waals surface area contributed by atoms with E-state index in [9.17, 15) is 9.59 Å². The van der Waals surface area contributed by atoms with Crippen molar-refractivity contribution in [3.05, 3.63) is 80.2 Å². The van der Waals surface area contributed by atoms with Gasteiger partial charge in [-0.3, -0.25) is 14.9 Å². The van der Waals surface area contributed by atoms with Crippen LogP contribution >= 0.6 is 11.6 Å². The molecule has 2 N–H and O–H groups in total. The molecule has 0 aliphatic heterocycles. The number of nitrogens with one attached hydrogen (secondary N) is 1. The Bertz CT molecular complexity index is 1060. The Labute approximate surface area is 154 Å². The molecule has 2 aromatic carbocycles. The van der Waals surface area contributed by atoms with E-state index < -0.39 is 5.97 Å². The Kier molecular flexibility index (Phi) is 4.77. The number of carboxylic acids is 1. The second-order valence-corrected chi connectivity index (χ2v) is 6.26. The van der Waals surface area contributed by atoms with Crippen molar-refractivity contribution in [2.45, 2.75) is 13.8 Å². The Morgan fingerprint density at radius 3 is 2.54 bits per heavy atom. The van der Waals surface area contributed by atoms with Crippen LogP contribution in [0.4, 0.5) is 5.69 Å². The number of aliphatic imine (C=N–C) groups is 1. The van der Waals surface area contributed by atoms with E-state index >= 15 is 0 Å². The van der Waals surface area contributed by atoms with E-state index in [0.717, 1.165) is 11.3 Å². The lowest BCUT2D eigenvalue weighted by molar-refractivity contribution is 0.0697. The molecule has 0 aliphatic rings. The van der Waals surface area contributed by atoms with Crippen molar-refractivity contribution < 1.29 is 9.90 Å². The minimum Gasteiger partial charge on any atom is -0.478 e. The minimum atomic E-state index is -1.13. The number of halogens is 1. The summed E-state index contributed by atoms with van der Waals surface area (Å²) in [4.78, 5) is 28.0. The zero-order valence-electron chi connectivity index (χ0n) is 14.2. The molecule has 0 aliphatic carbocycles. The topological polar surface area (TPSA) is 87.4 Å². The van der Waals surface area contributed by atoms with Crippen molar-refractivity contribution in [3.63, 3.8) is 0 Å². The highest BCUT2D eigenvalue weighted by atomic mass is 35.5. The number of H-pyrrole nitrogens is 1. The molecule has 7 heteroatoms.